The molecule has 31 heavy (non-hydrogen) atoms. The summed E-state index contributed by atoms with van der Waals surface area (Å²) in [4.78, 5) is 12.8. The molecule has 1 heterocycles. The monoisotopic (exact) mass is 444 g/mol. The number of sulfone groups is 1. The zero-order chi connectivity index (χ0) is 22.6. The Morgan fingerprint density at radius 3 is 2.39 bits per heavy atom. The van der Waals surface area contributed by atoms with E-state index < -0.39 is 9.84 Å². The molecule has 3 aromatic rings. The van der Waals surface area contributed by atoms with Crippen LogP contribution in [0.15, 0.2) is 51.9 Å². The molecule has 0 unspecified atom stereocenters. The number of amides is 1. The van der Waals surface area contributed by atoms with Crippen LogP contribution >= 0.6 is 0 Å². The van der Waals surface area contributed by atoms with E-state index in [0.29, 0.717) is 28.5 Å². The normalized spacial score (nSPS) is 11.2. The quantitative estimate of drug-likeness (QED) is 0.561. The van der Waals surface area contributed by atoms with Crippen molar-refractivity contribution in [2.24, 2.45) is 0 Å². The van der Waals surface area contributed by atoms with Gasteiger partial charge < -0.3 is 19.3 Å². The van der Waals surface area contributed by atoms with Crippen molar-refractivity contribution in [1.29, 1.82) is 0 Å². The molecular formula is C22H24N2O6S. The lowest BCUT2D eigenvalue weighted by Gasteiger charge is -2.12. The van der Waals surface area contributed by atoms with Gasteiger partial charge in [0.05, 0.1) is 29.0 Å². The predicted octanol–water partition coefficient (Wildman–Crippen LogP) is 3.92. The summed E-state index contributed by atoms with van der Waals surface area (Å²) >= 11 is 0. The molecule has 164 valence electrons. The zero-order valence-electron chi connectivity index (χ0n) is 17.8. The number of methoxy groups -OCH3 is 1. The molecule has 0 aliphatic rings. The van der Waals surface area contributed by atoms with Gasteiger partial charge in [-0.25, -0.2) is 8.42 Å². The number of carbonyl (C=O) groups excluding carboxylic acids is 1. The molecule has 3 rings (SSSR count). The van der Waals surface area contributed by atoms with Gasteiger partial charge in [0.15, 0.2) is 21.3 Å². The van der Waals surface area contributed by atoms with Crippen molar-refractivity contribution >= 4 is 21.4 Å². The Morgan fingerprint density at radius 2 is 1.81 bits per heavy atom. The molecule has 0 saturated heterocycles. The highest BCUT2D eigenvalue weighted by atomic mass is 32.2. The minimum absolute atomic E-state index is 0.0170. The number of nitrogens with one attached hydrogen (secondary N) is 1. The summed E-state index contributed by atoms with van der Waals surface area (Å²) in [5.41, 5.74) is 2.46. The first-order valence-electron chi connectivity index (χ1n) is 9.62. The van der Waals surface area contributed by atoms with Gasteiger partial charge in [-0.05, 0) is 56.3 Å². The number of aromatic nitrogens is 1. The number of benzene rings is 2. The van der Waals surface area contributed by atoms with Gasteiger partial charge in [-0.1, -0.05) is 12.1 Å². The number of hydrogen-bond acceptors (Lipinski definition) is 7. The van der Waals surface area contributed by atoms with E-state index in [1.54, 1.807) is 37.3 Å². The van der Waals surface area contributed by atoms with Crippen molar-refractivity contribution in [2.45, 2.75) is 32.3 Å². The number of ether oxygens (including phenoxy) is 2. The summed E-state index contributed by atoms with van der Waals surface area (Å²) in [6, 6.07) is 10.9. The third kappa shape index (κ3) is 5.05. The van der Waals surface area contributed by atoms with Crippen molar-refractivity contribution in [2.75, 3.05) is 18.2 Å². The Morgan fingerprint density at radius 1 is 1.10 bits per heavy atom. The highest BCUT2D eigenvalue weighted by Crippen LogP contribution is 2.30. The van der Waals surface area contributed by atoms with Gasteiger partial charge in [-0.15, -0.1) is 0 Å². The van der Waals surface area contributed by atoms with Crippen LogP contribution in [0.1, 0.15) is 34.3 Å². The molecule has 1 amide bonds. The first-order chi connectivity index (χ1) is 14.7. The average molecular weight is 445 g/mol. The highest BCUT2D eigenvalue weighted by molar-refractivity contribution is 7.91. The Labute approximate surface area is 181 Å². The molecule has 1 aromatic heterocycles. The largest absolute Gasteiger partial charge is 0.493 e. The first-order valence-corrected chi connectivity index (χ1v) is 11.3. The number of anilines is 1. The van der Waals surface area contributed by atoms with Crippen molar-refractivity contribution < 1.29 is 27.2 Å². The lowest BCUT2D eigenvalue weighted by Crippen LogP contribution is -2.12. The van der Waals surface area contributed by atoms with Gasteiger partial charge in [0.25, 0.3) is 5.91 Å². The lowest BCUT2D eigenvalue weighted by molar-refractivity contribution is 0.102. The second kappa shape index (κ2) is 9.22. The number of hydrogen-bond donors (Lipinski definition) is 1. The second-order valence-corrected chi connectivity index (χ2v) is 9.12. The standard InChI is InChI=1S/C22H24N2O6S/c1-5-31(26,27)18-9-7-17(8-10-18)23-22(25)16-6-11-20(21(12-16)28-4)29-13-19-14(2)24-30-15(19)3/h6-12H,5,13H2,1-4H3,(H,23,25). The van der Waals surface area contributed by atoms with Crippen LogP contribution in [0.25, 0.3) is 0 Å². The fraction of sp³-hybridized carbons (Fsp3) is 0.273. The smallest absolute Gasteiger partial charge is 0.255 e. The summed E-state index contributed by atoms with van der Waals surface area (Å²) in [6.45, 7) is 5.49. The van der Waals surface area contributed by atoms with Crippen LogP contribution in [-0.2, 0) is 16.4 Å². The fourth-order valence-corrected chi connectivity index (χ4v) is 3.79. The van der Waals surface area contributed by atoms with Gasteiger partial charge in [-0.2, -0.15) is 0 Å². The minimum Gasteiger partial charge on any atom is -0.493 e. The number of nitrogens with zero attached hydrogens (tertiary/aromatic N) is 1. The molecule has 8 nitrogen and oxygen atoms in total. The Balaban J connectivity index is 1.72. The maximum Gasteiger partial charge on any atom is 0.255 e. The van der Waals surface area contributed by atoms with Crippen LogP contribution in [-0.4, -0.2) is 32.3 Å². The van der Waals surface area contributed by atoms with Crippen LogP contribution in [0.5, 0.6) is 11.5 Å². The van der Waals surface area contributed by atoms with Gasteiger partial charge in [-0.3, -0.25) is 4.79 Å². The van der Waals surface area contributed by atoms with Gasteiger partial charge in [0.1, 0.15) is 12.4 Å². The lowest BCUT2D eigenvalue weighted by atomic mass is 10.1. The predicted molar refractivity (Wildman–Crippen MR) is 115 cm³/mol. The summed E-state index contributed by atoms with van der Waals surface area (Å²) in [7, 11) is -1.80. The first kappa shape index (κ1) is 22.4. The van der Waals surface area contributed by atoms with E-state index in [2.05, 4.69) is 10.5 Å². The molecule has 0 aliphatic heterocycles. The molecule has 9 heteroatoms. The van der Waals surface area contributed by atoms with Gasteiger partial charge in [0.2, 0.25) is 0 Å². The van der Waals surface area contributed by atoms with Crippen molar-refractivity contribution in [3.63, 3.8) is 0 Å². The maximum atomic E-state index is 12.6. The molecular weight excluding hydrogens is 420 g/mol. The van der Waals surface area contributed by atoms with E-state index in [4.69, 9.17) is 14.0 Å². The van der Waals surface area contributed by atoms with E-state index in [-0.39, 0.29) is 23.2 Å². The summed E-state index contributed by atoms with van der Waals surface area (Å²) in [6.07, 6.45) is 0. The molecule has 2 aromatic carbocycles. The Hall–Kier alpha value is -3.33. The molecule has 0 bridgehead atoms. The Kier molecular flexibility index (Phi) is 6.65. The SMILES string of the molecule is CCS(=O)(=O)c1ccc(NC(=O)c2ccc(OCc3c(C)noc3C)c(OC)c2)cc1. The van der Waals surface area contributed by atoms with Gasteiger partial charge in [0, 0.05) is 11.3 Å². The van der Waals surface area contributed by atoms with Crippen molar-refractivity contribution in [3.8, 4) is 11.5 Å². The maximum absolute atomic E-state index is 12.6. The van der Waals surface area contributed by atoms with Crippen LogP contribution < -0.4 is 14.8 Å². The molecule has 1 N–H and O–H groups in total. The van der Waals surface area contributed by atoms with Gasteiger partial charge >= 0.3 is 0 Å². The number of aryl methyl sites for hydroxylation is 2. The number of rotatable bonds is 8. The fourth-order valence-electron chi connectivity index (χ4n) is 2.90. The third-order valence-electron chi connectivity index (χ3n) is 4.83. The molecule has 0 atom stereocenters. The topological polar surface area (TPSA) is 108 Å². The molecule has 0 aliphatic carbocycles. The second-order valence-electron chi connectivity index (χ2n) is 6.84. The molecule has 0 radical (unpaired) electrons. The molecule has 0 saturated carbocycles. The summed E-state index contributed by atoms with van der Waals surface area (Å²) < 4.78 is 40.1. The van der Waals surface area contributed by atoms with Crippen molar-refractivity contribution in [1.82, 2.24) is 5.16 Å². The van der Waals surface area contributed by atoms with E-state index in [0.717, 1.165) is 11.3 Å². The summed E-state index contributed by atoms with van der Waals surface area (Å²) in [5.74, 6) is 1.23. The van der Waals surface area contributed by atoms with E-state index in [9.17, 15) is 13.2 Å². The summed E-state index contributed by atoms with van der Waals surface area (Å²) in [5, 5.41) is 6.64. The van der Waals surface area contributed by atoms with E-state index >= 15 is 0 Å². The zero-order valence-corrected chi connectivity index (χ0v) is 18.6. The van der Waals surface area contributed by atoms with E-state index in [1.165, 1.54) is 19.2 Å². The minimum atomic E-state index is -3.29. The molecule has 0 fully saturated rings. The number of carbonyl (C=O) groups is 1. The van der Waals surface area contributed by atoms with Crippen LogP contribution in [0.4, 0.5) is 5.69 Å². The third-order valence-corrected chi connectivity index (χ3v) is 6.58. The highest BCUT2D eigenvalue weighted by Gasteiger charge is 2.15. The average Bonchev–Trinajstić information content (AvgIpc) is 3.09. The Bertz CT molecular complexity index is 1160. The molecule has 0 spiro atoms. The van der Waals surface area contributed by atoms with Crippen LogP contribution in [0.3, 0.4) is 0 Å². The van der Waals surface area contributed by atoms with Crippen LogP contribution in [0.2, 0.25) is 0 Å². The van der Waals surface area contributed by atoms with E-state index in [1.807, 2.05) is 13.8 Å². The van der Waals surface area contributed by atoms with Crippen molar-refractivity contribution in [3.05, 3.63) is 65.0 Å². The van der Waals surface area contributed by atoms with Crippen LogP contribution in [0, 0.1) is 13.8 Å².